The molecular weight excluding hydrogens is 200 g/mol. The highest BCUT2D eigenvalue weighted by molar-refractivity contribution is 4.76. The van der Waals surface area contributed by atoms with Gasteiger partial charge in [0.1, 0.15) is 0 Å². The normalized spacial score (nSPS) is 24.9. The summed E-state index contributed by atoms with van der Waals surface area (Å²) in [5.41, 5.74) is 0. The van der Waals surface area contributed by atoms with E-state index in [1.54, 1.807) is 0 Å². The van der Waals surface area contributed by atoms with E-state index < -0.39 is 0 Å². The van der Waals surface area contributed by atoms with Crippen molar-refractivity contribution in [1.82, 2.24) is 10.2 Å². The van der Waals surface area contributed by atoms with Crippen LogP contribution in [0.25, 0.3) is 0 Å². The molecule has 0 saturated carbocycles. The molecule has 1 aliphatic rings. The molecule has 2 unspecified atom stereocenters. The van der Waals surface area contributed by atoms with Crippen LogP contribution in [0.15, 0.2) is 0 Å². The predicted octanol–water partition coefficient (Wildman–Crippen LogP) is 1.32. The van der Waals surface area contributed by atoms with Crippen molar-refractivity contribution in [2.24, 2.45) is 11.8 Å². The summed E-state index contributed by atoms with van der Waals surface area (Å²) >= 11 is 0. The Labute approximate surface area is 100 Å². The molecule has 96 valence electrons. The average Bonchev–Trinajstić information content (AvgIpc) is 2.26. The third kappa shape index (κ3) is 5.28. The zero-order valence-electron chi connectivity index (χ0n) is 11.1. The molecule has 0 radical (unpaired) electrons. The SMILES string of the molecule is CC(CO)CN1CCCC(CNC(C)C)C1. The maximum Gasteiger partial charge on any atom is 0.0468 e. The minimum Gasteiger partial charge on any atom is -0.396 e. The zero-order chi connectivity index (χ0) is 12.0. The molecule has 1 saturated heterocycles. The molecule has 0 amide bonds. The third-order valence-electron chi connectivity index (χ3n) is 3.30. The van der Waals surface area contributed by atoms with Crippen LogP contribution in [0.1, 0.15) is 33.6 Å². The van der Waals surface area contributed by atoms with E-state index in [1.165, 1.54) is 25.9 Å². The van der Waals surface area contributed by atoms with E-state index >= 15 is 0 Å². The van der Waals surface area contributed by atoms with Crippen LogP contribution in [0.3, 0.4) is 0 Å². The minimum absolute atomic E-state index is 0.311. The second-order valence-corrected chi connectivity index (χ2v) is 5.62. The molecule has 0 aliphatic carbocycles. The van der Waals surface area contributed by atoms with Gasteiger partial charge in [-0.05, 0) is 37.8 Å². The first-order chi connectivity index (χ1) is 7.61. The van der Waals surface area contributed by atoms with E-state index in [0.717, 1.165) is 19.0 Å². The molecule has 3 nitrogen and oxygen atoms in total. The third-order valence-corrected chi connectivity index (χ3v) is 3.30. The molecule has 2 atom stereocenters. The van der Waals surface area contributed by atoms with Gasteiger partial charge in [-0.2, -0.15) is 0 Å². The molecule has 16 heavy (non-hydrogen) atoms. The van der Waals surface area contributed by atoms with Crippen molar-refractivity contribution in [1.29, 1.82) is 0 Å². The largest absolute Gasteiger partial charge is 0.396 e. The van der Waals surface area contributed by atoms with Crippen molar-refractivity contribution in [2.45, 2.75) is 39.7 Å². The first-order valence-corrected chi connectivity index (χ1v) is 6.68. The number of piperidine rings is 1. The molecule has 0 aromatic rings. The van der Waals surface area contributed by atoms with Gasteiger partial charge in [-0.1, -0.05) is 20.8 Å². The van der Waals surface area contributed by atoms with Gasteiger partial charge in [0.25, 0.3) is 0 Å². The smallest absolute Gasteiger partial charge is 0.0468 e. The second-order valence-electron chi connectivity index (χ2n) is 5.62. The molecule has 1 heterocycles. The van der Waals surface area contributed by atoms with Crippen molar-refractivity contribution < 1.29 is 5.11 Å². The maximum absolute atomic E-state index is 9.07. The Balaban J connectivity index is 2.24. The number of hydrogen-bond donors (Lipinski definition) is 2. The van der Waals surface area contributed by atoms with Gasteiger partial charge < -0.3 is 15.3 Å². The lowest BCUT2D eigenvalue weighted by Gasteiger charge is -2.34. The van der Waals surface area contributed by atoms with E-state index in [1.807, 2.05) is 0 Å². The lowest BCUT2D eigenvalue weighted by atomic mass is 9.97. The molecule has 1 fully saturated rings. The Morgan fingerprint density at radius 2 is 2.12 bits per heavy atom. The van der Waals surface area contributed by atoms with Gasteiger partial charge in [0.15, 0.2) is 0 Å². The van der Waals surface area contributed by atoms with Gasteiger partial charge in [-0.25, -0.2) is 0 Å². The molecule has 2 N–H and O–H groups in total. The van der Waals surface area contributed by atoms with Gasteiger partial charge >= 0.3 is 0 Å². The van der Waals surface area contributed by atoms with E-state index in [2.05, 4.69) is 31.0 Å². The van der Waals surface area contributed by atoms with Crippen molar-refractivity contribution in [3.05, 3.63) is 0 Å². The summed E-state index contributed by atoms with van der Waals surface area (Å²) in [4.78, 5) is 2.51. The Morgan fingerprint density at radius 3 is 2.75 bits per heavy atom. The molecular formula is C13H28N2O. The molecule has 0 aromatic carbocycles. The Hall–Kier alpha value is -0.120. The quantitative estimate of drug-likeness (QED) is 0.720. The summed E-state index contributed by atoms with van der Waals surface area (Å²) in [6.45, 7) is 11.4. The second kappa shape index (κ2) is 7.25. The molecule has 0 aromatic heterocycles. The topological polar surface area (TPSA) is 35.5 Å². The number of rotatable bonds is 6. The highest BCUT2D eigenvalue weighted by atomic mass is 16.3. The van der Waals surface area contributed by atoms with Crippen molar-refractivity contribution in [3.8, 4) is 0 Å². The fraction of sp³-hybridized carbons (Fsp3) is 1.00. The number of nitrogens with one attached hydrogen (secondary N) is 1. The van der Waals surface area contributed by atoms with E-state index in [9.17, 15) is 0 Å². The lowest BCUT2D eigenvalue weighted by Crippen LogP contribution is -2.42. The molecule has 3 heteroatoms. The van der Waals surface area contributed by atoms with Crippen LogP contribution in [0.5, 0.6) is 0 Å². The van der Waals surface area contributed by atoms with Gasteiger partial charge in [-0.3, -0.25) is 0 Å². The highest BCUT2D eigenvalue weighted by Crippen LogP contribution is 2.16. The molecule has 0 spiro atoms. The van der Waals surface area contributed by atoms with Crippen LogP contribution in [0.4, 0.5) is 0 Å². The summed E-state index contributed by atoms with van der Waals surface area (Å²) in [7, 11) is 0. The predicted molar refractivity (Wildman–Crippen MR) is 68.6 cm³/mol. The summed E-state index contributed by atoms with van der Waals surface area (Å²) in [6, 6.07) is 0.590. The van der Waals surface area contributed by atoms with Crippen molar-refractivity contribution >= 4 is 0 Å². The number of hydrogen-bond acceptors (Lipinski definition) is 3. The Kier molecular flexibility index (Phi) is 6.32. The number of nitrogens with zero attached hydrogens (tertiary/aromatic N) is 1. The van der Waals surface area contributed by atoms with Gasteiger partial charge in [0, 0.05) is 25.7 Å². The zero-order valence-corrected chi connectivity index (χ0v) is 11.1. The number of likely N-dealkylation sites (tertiary alicyclic amines) is 1. The van der Waals surface area contributed by atoms with Crippen LogP contribution in [-0.4, -0.2) is 48.8 Å². The van der Waals surface area contributed by atoms with Crippen molar-refractivity contribution in [3.63, 3.8) is 0 Å². The summed E-state index contributed by atoms with van der Waals surface area (Å²) in [5, 5.41) is 12.6. The van der Waals surface area contributed by atoms with Crippen LogP contribution in [-0.2, 0) is 0 Å². The van der Waals surface area contributed by atoms with Crippen LogP contribution in [0.2, 0.25) is 0 Å². The molecule has 0 bridgehead atoms. The average molecular weight is 228 g/mol. The highest BCUT2D eigenvalue weighted by Gasteiger charge is 2.20. The fourth-order valence-corrected chi connectivity index (χ4v) is 2.38. The van der Waals surface area contributed by atoms with Gasteiger partial charge in [-0.15, -0.1) is 0 Å². The molecule has 1 rings (SSSR count). The first kappa shape index (κ1) is 13.9. The van der Waals surface area contributed by atoms with Crippen LogP contribution >= 0.6 is 0 Å². The monoisotopic (exact) mass is 228 g/mol. The lowest BCUT2D eigenvalue weighted by molar-refractivity contribution is 0.127. The fourth-order valence-electron chi connectivity index (χ4n) is 2.38. The molecule has 1 aliphatic heterocycles. The Bertz CT molecular complexity index is 185. The van der Waals surface area contributed by atoms with E-state index in [4.69, 9.17) is 5.11 Å². The summed E-state index contributed by atoms with van der Waals surface area (Å²) in [5.74, 6) is 1.21. The van der Waals surface area contributed by atoms with Gasteiger partial charge in [0.2, 0.25) is 0 Å². The van der Waals surface area contributed by atoms with Crippen molar-refractivity contribution in [2.75, 3.05) is 32.8 Å². The number of aliphatic hydroxyl groups is 1. The van der Waals surface area contributed by atoms with E-state index in [0.29, 0.717) is 18.6 Å². The van der Waals surface area contributed by atoms with Crippen LogP contribution < -0.4 is 5.32 Å². The van der Waals surface area contributed by atoms with Crippen LogP contribution in [0, 0.1) is 11.8 Å². The summed E-state index contributed by atoms with van der Waals surface area (Å²) in [6.07, 6.45) is 2.66. The Morgan fingerprint density at radius 1 is 1.38 bits per heavy atom. The van der Waals surface area contributed by atoms with Gasteiger partial charge in [0.05, 0.1) is 0 Å². The first-order valence-electron chi connectivity index (χ1n) is 6.68. The minimum atomic E-state index is 0.311. The standard InChI is InChI=1S/C13H28N2O/c1-11(2)14-7-13-5-4-6-15(9-13)8-12(3)10-16/h11-14,16H,4-10H2,1-3H3. The number of aliphatic hydroxyl groups excluding tert-OH is 1. The maximum atomic E-state index is 9.07. The summed E-state index contributed by atoms with van der Waals surface area (Å²) < 4.78 is 0. The van der Waals surface area contributed by atoms with E-state index in [-0.39, 0.29) is 0 Å².